The van der Waals surface area contributed by atoms with Crippen LogP contribution in [-0.2, 0) is 4.79 Å². The van der Waals surface area contributed by atoms with Crippen LogP contribution in [-0.4, -0.2) is 36.5 Å². The second-order valence-corrected chi connectivity index (χ2v) is 7.46. The van der Waals surface area contributed by atoms with Gasteiger partial charge in [0.15, 0.2) is 0 Å². The monoisotopic (exact) mass is 278 g/mol. The molecular formula is C17H30N2O. The quantitative estimate of drug-likeness (QED) is 0.838. The molecule has 1 saturated heterocycles. The van der Waals surface area contributed by atoms with Crippen molar-refractivity contribution in [3.05, 3.63) is 0 Å². The van der Waals surface area contributed by atoms with E-state index in [-0.39, 0.29) is 5.91 Å². The summed E-state index contributed by atoms with van der Waals surface area (Å²) < 4.78 is 0. The van der Waals surface area contributed by atoms with Crippen LogP contribution in [0.5, 0.6) is 0 Å². The Morgan fingerprint density at radius 1 is 1.05 bits per heavy atom. The fourth-order valence-corrected chi connectivity index (χ4v) is 4.15. The third kappa shape index (κ3) is 3.97. The topological polar surface area (TPSA) is 32.3 Å². The predicted octanol–water partition coefficient (Wildman–Crippen LogP) is 2.80. The summed E-state index contributed by atoms with van der Waals surface area (Å²) in [5.74, 6) is 2.87. The Hall–Kier alpha value is -0.570. The zero-order valence-corrected chi connectivity index (χ0v) is 12.9. The van der Waals surface area contributed by atoms with Gasteiger partial charge in [0, 0.05) is 26.1 Å². The summed E-state index contributed by atoms with van der Waals surface area (Å²) in [5, 5.41) is 3.78. The number of nitrogens with one attached hydrogen (secondary N) is 1. The number of carbonyl (C=O) groups is 1. The van der Waals surface area contributed by atoms with Crippen LogP contribution in [0, 0.1) is 17.8 Å². The molecule has 3 fully saturated rings. The molecule has 0 aromatic heterocycles. The van der Waals surface area contributed by atoms with E-state index in [1.165, 1.54) is 57.9 Å². The van der Waals surface area contributed by atoms with E-state index in [2.05, 4.69) is 10.2 Å². The van der Waals surface area contributed by atoms with E-state index in [1.54, 1.807) is 6.92 Å². The standard InChI is InChI=1S/C17H30N2O/c1-13(20)19-11-16(8-14-6-7-14)9-17(12-19)18-10-15-4-2-3-5-15/h14-18H,2-12H2,1H3. The van der Waals surface area contributed by atoms with E-state index in [4.69, 9.17) is 0 Å². The third-order valence-corrected chi connectivity index (χ3v) is 5.52. The molecule has 2 saturated carbocycles. The van der Waals surface area contributed by atoms with Crippen LogP contribution in [0.25, 0.3) is 0 Å². The first-order valence-electron chi connectivity index (χ1n) is 8.69. The number of hydrogen-bond acceptors (Lipinski definition) is 2. The smallest absolute Gasteiger partial charge is 0.219 e. The predicted molar refractivity (Wildman–Crippen MR) is 81.5 cm³/mol. The molecule has 3 rings (SSSR count). The van der Waals surface area contributed by atoms with Gasteiger partial charge in [0.05, 0.1) is 0 Å². The lowest BCUT2D eigenvalue weighted by Gasteiger charge is -2.38. The number of piperidine rings is 1. The maximum atomic E-state index is 11.7. The molecule has 1 amide bonds. The molecule has 0 radical (unpaired) electrons. The van der Waals surface area contributed by atoms with Gasteiger partial charge < -0.3 is 10.2 Å². The molecule has 0 aromatic carbocycles. The summed E-state index contributed by atoms with van der Waals surface area (Å²) in [4.78, 5) is 13.8. The highest BCUT2D eigenvalue weighted by Gasteiger charge is 2.33. The number of nitrogens with zero attached hydrogens (tertiary/aromatic N) is 1. The first-order chi connectivity index (χ1) is 9.70. The molecule has 3 heteroatoms. The first kappa shape index (κ1) is 14.4. The van der Waals surface area contributed by atoms with Gasteiger partial charge >= 0.3 is 0 Å². The maximum Gasteiger partial charge on any atom is 0.219 e. The van der Waals surface area contributed by atoms with Crippen LogP contribution in [0.1, 0.15) is 58.3 Å². The minimum absolute atomic E-state index is 0.262. The van der Waals surface area contributed by atoms with Crippen molar-refractivity contribution < 1.29 is 4.79 Å². The fourth-order valence-electron chi connectivity index (χ4n) is 4.15. The van der Waals surface area contributed by atoms with E-state index in [0.717, 1.165) is 30.8 Å². The van der Waals surface area contributed by atoms with Gasteiger partial charge in [0.25, 0.3) is 0 Å². The number of likely N-dealkylation sites (tertiary alicyclic amines) is 1. The molecule has 0 bridgehead atoms. The highest BCUT2D eigenvalue weighted by Crippen LogP contribution is 2.37. The molecule has 2 unspecified atom stereocenters. The molecule has 1 N–H and O–H groups in total. The Bertz CT molecular complexity index is 334. The Morgan fingerprint density at radius 3 is 2.45 bits per heavy atom. The highest BCUT2D eigenvalue weighted by atomic mass is 16.2. The summed E-state index contributed by atoms with van der Waals surface area (Å²) >= 11 is 0. The zero-order valence-electron chi connectivity index (χ0n) is 12.9. The second kappa shape index (κ2) is 6.46. The molecule has 20 heavy (non-hydrogen) atoms. The van der Waals surface area contributed by atoms with Gasteiger partial charge in [-0.25, -0.2) is 0 Å². The summed E-state index contributed by atoms with van der Waals surface area (Å²) in [6.45, 7) is 4.84. The summed E-state index contributed by atoms with van der Waals surface area (Å²) in [6, 6.07) is 0.539. The Labute approximate surface area is 123 Å². The minimum atomic E-state index is 0.262. The molecule has 1 heterocycles. The van der Waals surface area contributed by atoms with Gasteiger partial charge in [-0.1, -0.05) is 25.7 Å². The van der Waals surface area contributed by atoms with Crippen molar-refractivity contribution in [3.63, 3.8) is 0 Å². The Morgan fingerprint density at radius 2 is 1.80 bits per heavy atom. The second-order valence-electron chi connectivity index (χ2n) is 7.46. The van der Waals surface area contributed by atoms with Crippen molar-refractivity contribution in [1.29, 1.82) is 0 Å². The van der Waals surface area contributed by atoms with Crippen molar-refractivity contribution in [2.75, 3.05) is 19.6 Å². The van der Waals surface area contributed by atoms with Gasteiger partial charge in [-0.15, -0.1) is 0 Å². The molecule has 114 valence electrons. The molecule has 2 aliphatic carbocycles. The molecule has 2 atom stereocenters. The number of carbonyl (C=O) groups excluding carboxylic acids is 1. The maximum absolute atomic E-state index is 11.7. The van der Waals surface area contributed by atoms with Gasteiger partial charge in [-0.05, 0) is 50.0 Å². The summed E-state index contributed by atoms with van der Waals surface area (Å²) in [6.07, 6.45) is 11.1. The van der Waals surface area contributed by atoms with Gasteiger partial charge in [-0.3, -0.25) is 4.79 Å². The molecule has 0 aromatic rings. The zero-order chi connectivity index (χ0) is 13.9. The van der Waals surface area contributed by atoms with Gasteiger partial charge in [0.1, 0.15) is 0 Å². The third-order valence-electron chi connectivity index (χ3n) is 5.52. The largest absolute Gasteiger partial charge is 0.341 e. The van der Waals surface area contributed by atoms with Crippen LogP contribution >= 0.6 is 0 Å². The first-order valence-corrected chi connectivity index (χ1v) is 8.69. The van der Waals surface area contributed by atoms with Crippen LogP contribution in [0.3, 0.4) is 0 Å². The van der Waals surface area contributed by atoms with E-state index in [0.29, 0.717) is 6.04 Å². The highest BCUT2D eigenvalue weighted by molar-refractivity contribution is 5.73. The van der Waals surface area contributed by atoms with Crippen LogP contribution < -0.4 is 5.32 Å². The SMILES string of the molecule is CC(=O)N1CC(CC2CC2)CC(NCC2CCCC2)C1. The van der Waals surface area contributed by atoms with Crippen LogP contribution in [0.15, 0.2) is 0 Å². The normalized spacial score (nSPS) is 31.8. The molecule has 3 aliphatic rings. The van der Waals surface area contributed by atoms with Crippen molar-refractivity contribution in [3.8, 4) is 0 Å². The summed E-state index contributed by atoms with van der Waals surface area (Å²) in [7, 11) is 0. The lowest BCUT2D eigenvalue weighted by atomic mass is 9.89. The van der Waals surface area contributed by atoms with Crippen LogP contribution in [0.2, 0.25) is 0 Å². The molecule has 0 spiro atoms. The lowest BCUT2D eigenvalue weighted by molar-refractivity contribution is -0.131. The van der Waals surface area contributed by atoms with E-state index >= 15 is 0 Å². The Balaban J connectivity index is 1.49. The molecule has 3 nitrogen and oxygen atoms in total. The van der Waals surface area contributed by atoms with Crippen molar-refractivity contribution in [2.24, 2.45) is 17.8 Å². The number of rotatable bonds is 5. The Kier molecular flexibility index (Phi) is 4.65. The summed E-state index contributed by atoms with van der Waals surface area (Å²) in [5.41, 5.74) is 0. The van der Waals surface area contributed by atoms with E-state index < -0.39 is 0 Å². The molecule has 1 aliphatic heterocycles. The number of amides is 1. The van der Waals surface area contributed by atoms with Crippen molar-refractivity contribution in [1.82, 2.24) is 10.2 Å². The van der Waals surface area contributed by atoms with Gasteiger partial charge in [-0.2, -0.15) is 0 Å². The minimum Gasteiger partial charge on any atom is -0.341 e. The fraction of sp³-hybridized carbons (Fsp3) is 0.941. The van der Waals surface area contributed by atoms with Crippen LogP contribution in [0.4, 0.5) is 0 Å². The van der Waals surface area contributed by atoms with Gasteiger partial charge in [0.2, 0.25) is 5.91 Å². The van der Waals surface area contributed by atoms with Crippen molar-refractivity contribution in [2.45, 2.75) is 64.3 Å². The average Bonchev–Trinajstić information content (AvgIpc) is 3.08. The van der Waals surface area contributed by atoms with E-state index in [1.807, 2.05) is 0 Å². The number of hydrogen-bond donors (Lipinski definition) is 1. The average molecular weight is 278 g/mol. The van der Waals surface area contributed by atoms with E-state index in [9.17, 15) is 4.79 Å². The van der Waals surface area contributed by atoms with Crippen molar-refractivity contribution >= 4 is 5.91 Å². The molecular weight excluding hydrogens is 248 g/mol. The lowest BCUT2D eigenvalue weighted by Crippen LogP contribution is -2.51.